The Bertz CT molecular complexity index is 1080. The average Bonchev–Trinajstić information content (AvgIpc) is 3.04. The summed E-state index contributed by atoms with van der Waals surface area (Å²) in [4.78, 5) is 23.5. The number of aromatic nitrogens is 1. The molecule has 2 aromatic carbocycles. The second-order valence-electron chi connectivity index (χ2n) is 5.86. The van der Waals surface area contributed by atoms with Gasteiger partial charge in [0.05, 0.1) is 21.1 Å². The SMILES string of the molecule is O=C(O)c1ccc2c(ccn2C(=O)NC(c2ccc(Cl)c(Cl)c2)C(F)(F)F)c1. The number of rotatable bonds is 3. The number of carbonyl (C=O) groups excluding carboxylic acids is 1. The number of carboxylic acid groups (broad SMARTS) is 1. The molecule has 3 rings (SSSR count). The Morgan fingerprint density at radius 2 is 1.75 bits per heavy atom. The molecule has 1 atom stereocenters. The van der Waals surface area contributed by atoms with Gasteiger partial charge in [-0.1, -0.05) is 29.3 Å². The molecule has 0 radical (unpaired) electrons. The van der Waals surface area contributed by atoms with Crippen molar-refractivity contribution in [2.45, 2.75) is 12.2 Å². The molecule has 0 spiro atoms. The molecule has 1 aromatic heterocycles. The fraction of sp³-hybridized carbons (Fsp3) is 0.111. The first-order valence-electron chi connectivity index (χ1n) is 7.75. The zero-order valence-corrected chi connectivity index (χ0v) is 15.3. The minimum atomic E-state index is -4.79. The maximum Gasteiger partial charge on any atom is 0.412 e. The summed E-state index contributed by atoms with van der Waals surface area (Å²) >= 11 is 11.5. The highest BCUT2D eigenvalue weighted by Crippen LogP contribution is 2.35. The highest BCUT2D eigenvalue weighted by Gasteiger charge is 2.42. The lowest BCUT2D eigenvalue weighted by atomic mass is 10.1. The number of carboxylic acids is 1. The summed E-state index contributed by atoms with van der Waals surface area (Å²) in [6, 6.07) is 5.38. The largest absolute Gasteiger partial charge is 0.478 e. The van der Waals surface area contributed by atoms with Gasteiger partial charge in [0, 0.05) is 11.6 Å². The molecule has 0 saturated heterocycles. The Morgan fingerprint density at radius 1 is 1.04 bits per heavy atom. The van der Waals surface area contributed by atoms with E-state index in [0.29, 0.717) is 5.39 Å². The maximum absolute atomic E-state index is 13.5. The predicted octanol–water partition coefficient (Wildman–Crippen LogP) is 5.51. The first-order valence-corrected chi connectivity index (χ1v) is 8.50. The fourth-order valence-electron chi connectivity index (χ4n) is 2.69. The number of halogens is 5. The van der Waals surface area contributed by atoms with Crippen LogP contribution in [0.1, 0.15) is 22.0 Å². The van der Waals surface area contributed by atoms with Gasteiger partial charge in [-0.05, 0) is 42.0 Å². The van der Waals surface area contributed by atoms with Gasteiger partial charge >= 0.3 is 18.2 Å². The van der Waals surface area contributed by atoms with Crippen LogP contribution in [0.5, 0.6) is 0 Å². The topological polar surface area (TPSA) is 71.3 Å². The number of hydrogen-bond donors (Lipinski definition) is 2. The second-order valence-corrected chi connectivity index (χ2v) is 6.68. The van der Waals surface area contributed by atoms with Gasteiger partial charge in [0.2, 0.25) is 0 Å². The number of benzene rings is 2. The third-order valence-electron chi connectivity index (χ3n) is 4.03. The summed E-state index contributed by atoms with van der Waals surface area (Å²) in [5.41, 5.74) is -0.0212. The number of carbonyl (C=O) groups is 2. The van der Waals surface area contributed by atoms with E-state index in [2.05, 4.69) is 0 Å². The number of nitrogens with zero attached hydrogens (tertiary/aromatic N) is 1. The van der Waals surface area contributed by atoms with Gasteiger partial charge < -0.3 is 10.4 Å². The summed E-state index contributed by atoms with van der Waals surface area (Å²) in [6.07, 6.45) is -3.53. The van der Waals surface area contributed by atoms with E-state index in [0.717, 1.165) is 16.7 Å². The first-order chi connectivity index (χ1) is 13.1. The van der Waals surface area contributed by atoms with Crippen molar-refractivity contribution in [2.75, 3.05) is 0 Å². The van der Waals surface area contributed by atoms with Crippen molar-refractivity contribution in [1.82, 2.24) is 9.88 Å². The van der Waals surface area contributed by atoms with Gasteiger partial charge in [0.15, 0.2) is 6.04 Å². The van der Waals surface area contributed by atoms with Crippen LogP contribution in [0.3, 0.4) is 0 Å². The normalized spacial score (nSPS) is 12.8. The molecular weight excluding hydrogens is 420 g/mol. The molecule has 0 aliphatic rings. The molecule has 5 nitrogen and oxygen atoms in total. The lowest BCUT2D eigenvalue weighted by Crippen LogP contribution is -2.40. The van der Waals surface area contributed by atoms with Gasteiger partial charge in [-0.25, -0.2) is 9.59 Å². The third kappa shape index (κ3) is 3.93. The summed E-state index contributed by atoms with van der Waals surface area (Å²) < 4.78 is 41.6. The van der Waals surface area contributed by atoms with E-state index in [4.69, 9.17) is 28.3 Å². The average molecular weight is 431 g/mol. The van der Waals surface area contributed by atoms with Crippen molar-refractivity contribution in [3.05, 3.63) is 69.8 Å². The van der Waals surface area contributed by atoms with Crippen LogP contribution >= 0.6 is 23.2 Å². The second kappa shape index (κ2) is 7.37. The third-order valence-corrected chi connectivity index (χ3v) is 4.77. The van der Waals surface area contributed by atoms with Crippen molar-refractivity contribution in [2.24, 2.45) is 0 Å². The van der Waals surface area contributed by atoms with E-state index in [-0.39, 0.29) is 26.7 Å². The van der Waals surface area contributed by atoms with Crippen molar-refractivity contribution in [1.29, 1.82) is 0 Å². The van der Waals surface area contributed by atoms with E-state index >= 15 is 0 Å². The number of hydrogen-bond acceptors (Lipinski definition) is 2. The van der Waals surface area contributed by atoms with Gasteiger partial charge in [-0.3, -0.25) is 4.57 Å². The quantitative estimate of drug-likeness (QED) is 0.575. The minimum absolute atomic E-state index is 0.00497. The summed E-state index contributed by atoms with van der Waals surface area (Å²) in [6.45, 7) is 0. The summed E-state index contributed by atoms with van der Waals surface area (Å²) in [7, 11) is 0. The molecule has 1 heterocycles. The van der Waals surface area contributed by atoms with Crippen molar-refractivity contribution in [3.8, 4) is 0 Å². The van der Waals surface area contributed by atoms with Gasteiger partial charge in [0.25, 0.3) is 0 Å². The Hall–Kier alpha value is -2.71. The smallest absolute Gasteiger partial charge is 0.412 e. The molecule has 0 aliphatic heterocycles. The Balaban J connectivity index is 1.95. The zero-order valence-electron chi connectivity index (χ0n) is 13.8. The lowest BCUT2D eigenvalue weighted by Gasteiger charge is -2.22. The number of nitrogens with one attached hydrogen (secondary N) is 1. The van der Waals surface area contributed by atoms with E-state index in [1.54, 1.807) is 0 Å². The van der Waals surface area contributed by atoms with E-state index < -0.39 is 24.2 Å². The zero-order chi connectivity index (χ0) is 20.6. The summed E-state index contributed by atoms with van der Waals surface area (Å²) in [5, 5.41) is 11.3. The number of fused-ring (bicyclic) bond motifs is 1. The Kier molecular flexibility index (Phi) is 5.27. The van der Waals surface area contributed by atoms with E-state index in [1.165, 1.54) is 36.5 Å². The standard InChI is InChI=1S/C18H11Cl2F3N2O3/c19-12-3-1-10(8-13(12)20)15(18(21,22)23)24-17(28)25-6-5-9-7-11(16(26)27)2-4-14(9)25/h1-8,15H,(H,24,28)(H,26,27). The molecular formula is C18H11Cl2F3N2O3. The maximum atomic E-state index is 13.5. The molecule has 146 valence electrons. The number of alkyl halides is 3. The van der Waals surface area contributed by atoms with E-state index in [1.807, 2.05) is 5.32 Å². The monoisotopic (exact) mass is 430 g/mol. The minimum Gasteiger partial charge on any atom is -0.478 e. The first kappa shape index (κ1) is 20.0. The molecule has 10 heteroatoms. The van der Waals surface area contributed by atoms with Crippen LogP contribution in [0.15, 0.2) is 48.7 Å². The molecule has 0 aliphatic carbocycles. The van der Waals surface area contributed by atoms with Crippen LogP contribution in [-0.2, 0) is 0 Å². The van der Waals surface area contributed by atoms with Crippen LogP contribution in [0.25, 0.3) is 10.9 Å². The van der Waals surface area contributed by atoms with Crippen LogP contribution in [0.4, 0.5) is 18.0 Å². The molecule has 0 saturated carbocycles. The van der Waals surface area contributed by atoms with Crippen LogP contribution < -0.4 is 5.32 Å². The van der Waals surface area contributed by atoms with Crippen molar-refractivity contribution < 1.29 is 27.9 Å². The summed E-state index contributed by atoms with van der Waals surface area (Å²) in [5.74, 6) is -1.16. The molecule has 0 bridgehead atoms. The molecule has 1 amide bonds. The van der Waals surface area contributed by atoms with Gasteiger partial charge in [-0.2, -0.15) is 13.2 Å². The van der Waals surface area contributed by atoms with Gasteiger partial charge in [0.1, 0.15) is 0 Å². The van der Waals surface area contributed by atoms with Crippen LogP contribution in [0.2, 0.25) is 10.0 Å². The van der Waals surface area contributed by atoms with Crippen molar-refractivity contribution >= 4 is 46.1 Å². The molecule has 3 aromatic rings. The predicted molar refractivity (Wildman–Crippen MR) is 98.1 cm³/mol. The molecule has 0 fully saturated rings. The number of amides is 1. The molecule has 28 heavy (non-hydrogen) atoms. The Labute approximate surface area is 166 Å². The number of aromatic carboxylic acids is 1. The van der Waals surface area contributed by atoms with Gasteiger partial charge in [-0.15, -0.1) is 0 Å². The Morgan fingerprint density at radius 3 is 2.36 bits per heavy atom. The van der Waals surface area contributed by atoms with E-state index in [9.17, 15) is 22.8 Å². The molecule has 2 N–H and O–H groups in total. The fourth-order valence-corrected chi connectivity index (χ4v) is 3.00. The van der Waals surface area contributed by atoms with Crippen LogP contribution in [0, 0.1) is 0 Å². The van der Waals surface area contributed by atoms with Crippen LogP contribution in [-0.4, -0.2) is 27.9 Å². The highest BCUT2D eigenvalue weighted by molar-refractivity contribution is 6.42. The lowest BCUT2D eigenvalue weighted by molar-refractivity contribution is -0.154. The molecule has 1 unspecified atom stereocenters. The highest BCUT2D eigenvalue weighted by atomic mass is 35.5. The van der Waals surface area contributed by atoms with Crippen molar-refractivity contribution in [3.63, 3.8) is 0 Å².